The van der Waals surface area contributed by atoms with Crippen molar-refractivity contribution in [2.75, 3.05) is 6.61 Å². The first-order valence-corrected chi connectivity index (χ1v) is 2.68. The van der Waals surface area contributed by atoms with Crippen molar-refractivity contribution in [1.29, 1.82) is 0 Å². The zero-order valence-electron chi connectivity index (χ0n) is 6.62. The van der Waals surface area contributed by atoms with E-state index in [9.17, 15) is 0 Å². The van der Waals surface area contributed by atoms with Crippen LogP contribution in [0.25, 0.3) is 0 Å². The van der Waals surface area contributed by atoms with Crippen molar-refractivity contribution in [1.82, 2.24) is 0 Å². The van der Waals surface area contributed by atoms with Gasteiger partial charge in [-0.3, -0.25) is 0 Å². The molecule has 0 bridgehead atoms. The van der Waals surface area contributed by atoms with E-state index in [1.54, 1.807) is 13.3 Å². The molecule has 0 heterocycles. The molecule has 0 atom stereocenters. The van der Waals surface area contributed by atoms with Gasteiger partial charge in [-0.25, -0.2) is 6.61 Å². The average Bonchev–Trinajstić information content (AvgIpc) is 1.88. The molecule has 0 spiro atoms. The predicted octanol–water partition coefficient (Wildman–Crippen LogP) is 1.13. The summed E-state index contributed by atoms with van der Waals surface area (Å²) in [5.74, 6) is 0. The van der Waals surface area contributed by atoms with Crippen molar-refractivity contribution in [2.24, 2.45) is 0 Å². The van der Waals surface area contributed by atoms with Gasteiger partial charge in [0.2, 0.25) is 0 Å². The third-order valence-electron chi connectivity index (χ3n) is 0.365. The smallest absolute Gasteiger partial charge is 0 e. The van der Waals surface area contributed by atoms with Gasteiger partial charge in [-0.15, -0.1) is 0 Å². The molecule has 2 N–H and O–H groups in total. The van der Waals surface area contributed by atoms with Gasteiger partial charge >= 0.3 is 0 Å². The predicted molar refractivity (Wildman–Crippen MR) is 33.6 cm³/mol. The average molecular weight is 296 g/mol. The molecule has 0 unspecified atom stereocenters. The second kappa shape index (κ2) is 30.4. The monoisotopic (exact) mass is 296 g/mol. The summed E-state index contributed by atoms with van der Waals surface area (Å²) >= 11 is 0. The minimum absolute atomic E-state index is 0. The van der Waals surface area contributed by atoms with Gasteiger partial charge in [0.05, 0.1) is 0 Å². The molecular weight excluding hydrogens is 282 g/mol. The van der Waals surface area contributed by atoms with Crippen LogP contribution in [-0.4, -0.2) is 16.8 Å². The molecule has 0 aromatic carbocycles. The molecular formula is C6H14O2Y2-2. The fraction of sp³-hybridized carbons (Fsp3) is 0.667. The molecule has 0 aliphatic carbocycles. The van der Waals surface area contributed by atoms with Gasteiger partial charge in [-0.1, -0.05) is 13.5 Å². The summed E-state index contributed by atoms with van der Waals surface area (Å²) in [6.45, 7) is 5.00. The quantitative estimate of drug-likeness (QED) is 0.750. The van der Waals surface area contributed by atoms with Crippen LogP contribution in [0.3, 0.4) is 0 Å². The molecule has 0 aromatic heterocycles. The molecule has 0 fully saturated rings. The van der Waals surface area contributed by atoms with E-state index in [0.717, 1.165) is 13.0 Å². The zero-order valence-corrected chi connectivity index (χ0v) is 12.3. The molecule has 0 saturated heterocycles. The fourth-order valence-electron chi connectivity index (χ4n) is 0. The normalized spacial score (nSPS) is 6.00. The van der Waals surface area contributed by atoms with Gasteiger partial charge < -0.3 is 16.6 Å². The minimum Gasteiger partial charge on any atom is -0.566 e. The van der Waals surface area contributed by atoms with Crippen LogP contribution in [0.1, 0.15) is 20.3 Å². The molecule has 0 amide bonds. The van der Waals surface area contributed by atoms with Crippen LogP contribution in [0.15, 0.2) is 0 Å². The van der Waals surface area contributed by atoms with Crippen LogP contribution in [0.4, 0.5) is 0 Å². The maximum atomic E-state index is 7.82. The van der Waals surface area contributed by atoms with Gasteiger partial charge in [-0.2, -0.15) is 13.3 Å². The van der Waals surface area contributed by atoms with E-state index in [0.29, 0.717) is 0 Å². The van der Waals surface area contributed by atoms with Crippen LogP contribution >= 0.6 is 0 Å². The van der Waals surface area contributed by atoms with Crippen molar-refractivity contribution in [2.45, 2.75) is 20.3 Å². The van der Waals surface area contributed by atoms with E-state index in [4.69, 9.17) is 10.2 Å². The van der Waals surface area contributed by atoms with Crippen LogP contribution in [-0.2, 0) is 65.4 Å². The Morgan fingerprint density at radius 1 is 1.30 bits per heavy atom. The first-order valence-electron chi connectivity index (χ1n) is 2.68. The number of rotatable bonds is 2. The van der Waals surface area contributed by atoms with E-state index in [1.165, 1.54) is 0 Å². The Morgan fingerprint density at radius 2 is 1.50 bits per heavy atom. The van der Waals surface area contributed by atoms with E-state index in [-0.39, 0.29) is 72.0 Å². The van der Waals surface area contributed by atoms with Crippen molar-refractivity contribution in [3.8, 4) is 0 Å². The molecule has 0 saturated carbocycles. The Morgan fingerprint density at radius 3 is 1.50 bits per heavy atom. The van der Waals surface area contributed by atoms with E-state index in [2.05, 4.69) is 0 Å². The minimum atomic E-state index is 0. The summed E-state index contributed by atoms with van der Waals surface area (Å²) in [5.41, 5.74) is 0. The summed E-state index contributed by atoms with van der Waals surface area (Å²) in [7, 11) is 0. The van der Waals surface area contributed by atoms with E-state index in [1.807, 2.05) is 6.92 Å². The van der Waals surface area contributed by atoms with Gasteiger partial charge in [-0.05, 0) is 0 Å². The topological polar surface area (TPSA) is 40.5 Å². The molecule has 10 heavy (non-hydrogen) atoms. The van der Waals surface area contributed by atoms with Gasteiger partial charge in [0.25, 0.3) is 0 Å². The van der Waals surface area contributed by atoms with Crippen molar-refractivity contribution in [3.63, 3.8) is 0 Å². The molecule has 0 aliphatic heterocycles. The van der Waals surface area contributed by atoms with Crippen molar-refractivity contribution >= 4 is 0 Å². The summed E-state index contributed by atoms with van der Waals surface area (Å²) in [6.07, 6.45) is 2.43. The first-order chi connectivity index (χ1) is 3.83. The Kier molecular flexibility index (Phi) is 69.1. The largest absolute Gasteiger partial charge is 0.566 e. The number of aliphatic hydroxyl groups excluding tert-OH is 2. The molecule has 0 rings (SSSR count). The molecule has 2 radical (unpaired) electrons. The third-order valence-corrected chi connectivity index (χ3v) is 0.365. The first kappa shape index (κ1) is 22.7. The standard InChI is InChI=1S/2C3H7O.2Y/c2*1-2-3-4;;/h3-4H,2H2,1H3;2,4H,3H2,1H3;;/q2*-1;;. The van der Waals surface area contributed by atoms with Crippen LogP contribution < -0.4 is 0 Å². The summed E-state index contributed by atoms with van der Waals surface area (Å²) in [4.78, 5) is 0. The Balaban J connectivity index is -0.0000000300. The summed E-state index contributed by atoms with van der Waals surface area (Å²) in [5, 5.41) is 15.6. The van der Waals surface area contributed by atoms with Gasteiger partial charge in [0, 0.05) is 65.4 Å². The maximum Gasteiger partial charge on any atom is 0 e. The van der Waals surface area contributed by atoms with E-state index >= 15 is 0 Å². The molecule has 0 aromatic rings. The molecule has 2 nitrogen and oxygen atoms in total. The summed E-state index contributed by atoms with van der Waals surface area (Å²) < 4.78 is 0. The van der Waals surface area contributed by atoms with Crippen molar-refractivity contribution in [3.05, 3.63) is 13.0 Å². The summed E-state index contributed by atoms with van der Waals surface area (Å²) in [6, 6.07) is 0. The second-order valence-electron chi connectivity index (χ2n) is 1.18. The Labute approximate surface area is 114 Å². The number of hydrogen-bond acceptors (Lipinski definition) is 2. The molecule has 0 aliphatic rings. The molecule has 58 valence electrons. The maximum absolute atomic E-state index is 7.82. The zero-order chi connectivity index (χ0) is 6.83. The van der Waals surface area contributed by atoms with Gasteiger partial charge in [0.1, 0.15) is 0 Å². The van der Waals surface area contributed by atoms with Crippen LogP contribution in [0, 0.1) is 13.0 Å². The number of aliphatic hydroxyl groups is 2. The molecule has 4 heteroatoms. The Bertz CT molecular complexity index is 21.7. The third kappa shape index (κ3) is 49.5. The Hall–Kier alpha value is 2.13. The van der Waals surface area contributed by atoms with Gasteiger partial charge in [0.15, 0.2) is 0 Å². The second-order valence-corrected chi connectivity index (χ2v) is 1.18. The van der Waals surface area contributed by atoms with E-state index < -0.39 is 0 Å². The fourth-order valence-corrected chi connectivity index (χ4v) is 0. The van der Waals surface area contributed by atoms with Crippen LogP contribution in [0.2, 0.25) is 0 Å². The SMILES string of the molecule is CC[CH-]O.C[CH-]CO.[Y].[Y]. The number of hydrogen-bond donors (Lipinski definition) is 2. The van der Waals surface area contributed by atoms with Crippen molar-refractivity contribution < 1.29 is 75.6 Å². The van der Waals surface area contributed by atoms with Crippen LogP contribution in [0.5, 0.6) is 0 Å².